The Morgan fingerprint density at radius 2 is 2.20 bits per heavy atom. The van der Waals surface area contributed by atoms with E-state index in [-0.39, 0.29) is 24.1 Å². The highest BCUT2D eigenvalue weighted by atomic mass is 16.5. The van der Waals surface area contributed by atoms with Crippen LogP contribution in [-0.4, -0.2) is 30.7 Å². The fraction of sp³-hybridized carbons (Fsp3) is 0.562. The number of rotatable bonds is 2. The number of carbonyl (C=O) groups is 1. The summed E-state index contributed by atoms with van der Waals surface area (Å²) in [4.78, 5) is 12.4. The molecule has 1 saturated carbocycles. The van der Waals surface area contributed by atoms with Crippen LogP contribution in [0.3, 0.4) is 0 Å². The average molecular weight is 274 g/mol. The molecule has 1 aliphatic heterocycles. The Balaban J connectivity index is 1.70. The van der Waals surface area contributed by atoms with Crippen LogP contribution in [0.5, 0.6) is 0 Å². The van der Waals surface area contributed by atoms with Gasteiger partial charge in [0.2, 0.25) is 0 Å². The van der Waals surface area contributed by atoms with Crippen molar-refractivity contribution in [3.63, 3.8) is 0 Å². The highest BCUT2D eigenvalue weighted by Crippen LogP contribution is 2.37. The minimum Gasteiger partial charge on any atom is -0.376 e. The monoisotopic (exact) mass is 274 g/mol. The Labute approximate surface area is 119 Å². The van der Waals surface area contributed by atoms with E-state index < -0.39 is 0 Å². The number of aryl methyl sites for hydroxylation is 2. The molecule has 1 amide bonds. The molecule has 0 radical (unpaired) electrons. The van der Waals surface area contributed by atoms with Gasteiger partial charge in [-0.2, -0.15) is 0 Å². The van der Waals surface area contributed by atoms with E-state index in [1.165, 1.54) is 0 Å². The summed E-state index contributed by atoms with van der Waals surface area (Å²) >= 11 is 0. The van der Waals surface area contributed by atoms with Crippen molar-refractivity contribution in [2.24, 2.45) is 11.7 Å². The molecule has 1 aliphatic carbocycles. The largest absolute Gasteiger partial charge is 0.376 e. The molecule has 0 spiro atoms. The summed E-state index contributed by atoms with van der Waals surface area (Å²) in [6.45, 7) is 4.77. The molecule has 0 bridgehead atoms. The Morgan fingerprint density at radius 1 is 1.40 bits per heavy atom. The zero-order chi connectivity index (χ0) is 14.3. The van der Waals surface area contributed by atoms with Gasteiger partial charge in [0.25, 0.3) is 5.91 Å². The van der Waals surface area contributed by atoms with Crippen molar-refractivity contribution >= 4 is 5.91 Å². The third kappa shape index (κ3) is 2.23. The van der Waals surface area contributed by atoms with Crippen LogP contribution in [0.4, 0.5) is 0 Å². The van der Waals surface area contributed by atoms with Crippen molar-refractivity contribution in [3.05, 3.63) is 34.9 Å². The van der Waals surface area contributed by atoms with Crippen molar-refractivity contribution in [1.29, 1.82) is 0 Å². The fourth-order valence-electron chi connectivity index (χ4n) is 3.42. The second-order valence-corrected chi connectivity index (χ2v) is 6.04. The van der Waals surface area contributed by atoms with Crippen molar-refractivity contribution < 1.29 is 9.53 Å². The maximum atomic E-state index is 12.4. The molecule has 3 N–H and O–H groups in total. The summed E-state index contributed by atoms with van der Waals surface area (Å²) in [5, 5.41) is 3.05. The van der Waals surface area contributed by atoms with E-state index in [0.717, 1.165) is 36.1 Å². The second-order valence-electron chi connectivity index (χ2n) is 6.04. The lowest BCUT2D eigenvalue weighted by atomic mass is 9.68. The number of hydrogen-bond acceptors (Lipinski definition) is 3. The lowest BCUT2D eigenvalue weighted by Gasteiger charge is -2.52. The van der Waals surface area contributed by atoms with Gasteiger partial charge in [0.15, 0.2) is 0 Å². The normalized spacial score (nSPS) is 32.1. The molecule has 4 nitrogen and oxygen atoms in total. The van der Waals surface area contributed by atoms with Gasteiger partial charge in [0, 0.05) is 24.1 Å². The quantitative estimate of drug-likeness (QED) is 0.860. The molecular weight excluding hydrogens is 252 g/mol. The predicted molar refractivity (Wildman–Crippen MR) is 77.6 cm³/mol. The van der Waals surface area contributed by atoms with Gasteiger partial charge < -0.3 is 15.8 Å². The molecule has 1 saturated heterocycles. The zero-order valence-corrected chi connectivity index (χ0v) is 12.1. The number of benzene rings is 1. The number of carbonyl (C=O) groups excluding carboxylic acids is 1. The van der Waals surface area contributed by atoms with Crippen LogP contribution in [0.1, 0.15) is 34.3 Å². The third-order valence-corrected chi connectivity index (χ3v) is 4.60. The topological polar surface area (TPSA) is 64.4 Å². The lowest BCUT2D eigenvalue weighted by Crippen LogP contribution is -2.72. The Kier molecular flexibility index (Phi) is 3.52. The minimum absolute atomic E-state index is 0.0232. The molecule has 2 aliphatic rings. The Morgan fingerprint density at radius 3 is 2.95 bits per heavy atom. The number of nitrogens with two attached hydrogens (primary N) is 1. The van der Waals surface area contributed by atoms with Crippen LogP contribution in [0.15, 0.2) is 18.2 Å². The number of fused-ring (bicyclic) bond motifs is 1. The molecule has 2 fully saturated rings. The molecule has 108 valence electrons. The molecule has 4 unspecified atom stereocenters. The molecule has 1 heterocycles. The molecular formula is C16H22N2O2. The van der Waals surface area contributed by atoms with E-state index in [0.29, 0.717) is 5.92 Å². The summed E-state index contributed by atoms with van der Waals surface area (Å²) in [7, 11) is 0. The van der Waals surface area contributed by atoms with Crippen molar-refractivity contribution in [2.45, 2.75) is 44.9 Å². The average Bonchev–Trinajstić information content (AvgIpc) is 2.44. The summed E-state index contributed by atoms with van der Waals surface area (Å²) in [5.74, 6) is 0.365. The van der Waals surface area contributed by atoms with Gasteiger partial charge in [-0.25, -0.2) is 0 Å². The lowest BCUT2D eigenvalue weighted by molar-refractivity contribution is -0.117. The molecule has 4 atom stereocenters. The van der Waals surface area contributed by atoms with E-state index in [1.54, 1.807) is 0 Å². The second kappa shape index (κ2) is 5.19. The van der Waals surface area contributed by atoms with E-state index in [1.807, 2.05) is 32.0 Å². The summed E-state index contributed by atoms with van der Waals surface area (Å²) in [5.41, 5.74) is 9.05. The van der Waals surface area contributed by atoms with Crippen LogP contribution in [0.25, 0.3) is 0 Å². The predicted octanol–water partition coefficient (Wildman–Crippen LogP) is 1.54. The van der Waals surface area contributed by atoms with Crippen molar-refractivity contribution in [2.75, 3.05) is 6.61 Å². The zero-order valence-electron chi connectivity index (χ0n) is 12.1. The van der Waals surface area contributed by atoms with Gasteiger partial charge in [-0.1, -0.05) is 17.7 Å². The van der Waals surface area contributed by atoms with Crippen molar-refractivity contribution in [1.82, 2.24) is 5.32 Å². The van der Waals surface area contributed by atoms with Crippen LogP contribution < -0.4 is 11.1 Å². The van der Waals surface area contributed by atoms with Gasteiger partial charge in [0.1, 0.15) is 0 Å². The summed E-state index contributed by atoms with van der Waals surface area (Å²) in [6, 6.07) is 5.84. The molecule has 3 rings (SSSR count). The number of ether oxygens (including phenoxy) is 1. The van der Waals surface area contributed by atoms with E-state index in [4.69, 9.17) is 10.5 Å². The van der Waals surface area contributed by atoms with Gasteiger partial charge in [0.05, 0.1) is 12.1 Å². The first-order valence-electron chi connectivity index (χ1n) is 7.33. The van der Waals surface area contributed by atoms with Gasteiger partial charge in [-0.15, -0.1) is 0 Å². The molecule has 1 aromatic rings. The first-order chi connectivity index (χ1) is 9.58. The van der Waals surface area contributed by atoms with E-state index in [9.17, 15) is 4.79 Å². The van der Waals surface area contributed by atoms with Gasteiger partial charge in [-0.3, -0.25) is 4.79 Å². The molecule has 4 heteroatoms. The van der Waals surface area contributed by atoms with Crippen molar-refractivity contribution in [3.8, 4) is 0 Å². The first-order valence-corrected chi connectivity index (χ1v) is 7.33. The number of amides is 1. The van der Waals surface area contributed by atoms with Gasteiger partial charge >= 0.3 is 0 Å². The van der Waals surface area contributed by atoms with Crippen LogP contribution in [0, 0.1) is 19.8 Å². The van der Waals surface area contributed by atoms with Crippen LogP contribution in [0.2, 0.25) is 0 Å². The molecule has 0 aromatic heterocycles. The molecule has 20 heavy (non-hydrogen) atoms. The third-order valence-electron chi connectivity index (χ3n) is 4.60. The minimum atomic E-state index is -0.0477. The summed E-state index contributed by atoms with van der Waals surface area (Å²) in [6.07, 6.45) is 2.29. The fourth-order valence-corrected chi connectivity index (χ4v) is 3.42. The number of nitrogens with one attached hydrogen (secondary N) is 1. The standard InChI is InChI=1S/C16H22N2O2/c1-9-5-6-11(10(2)8-9)16(19)18-14-13(17)12-4-3-7-20-15(12)14/h5-6,8,12-15H,3-4,7,17H2,1-2H3,(H,18,19). The number of hydrogen-bond donors (Lipinski definition) is 2. The highest BCUT2D eigenvalue weighted by molar-refractivity contribution is 5.96. The van der Waals surface area contributed by atoms with Crippen LogP contribution >= 0.6 is 0 Å². The van der Waals surface area contributed by atoms with Crippen LogP contribution in [-0.2, 0) is 4.74 Å². The maximum absolute atomic E-state index is 12.4. The Bertz CT molecular complexity index is 529. The molecule has 1 aromatic carbocycles. The van der Waals surface area contributed by atoms with E-state index >= 15 is 0 Å². The maximum Gasteiger partial charge on any atom is 0.251 e. The van der Waals surface area contributed by atoms with Gasteiger partial charge in [-0.05, 0) is 38.3 Å². The highest BCUT2D eigenvalue weighted by Gasteiger charge is 2.51. The SMILES string of the molecule is Cc1ccc(C(=O)NC2C(N)C3CCCOC32)c(C)c1. The first kappa shape index (κ1) is 13.6. The summed E-state index contributed by atoms with van der Waals surface area (Å²) < 4.78 is 5.75. The Hall–Kier alpha value is -1.39. The smallest absolute Gasteiger partial charge is 0.251 e. The van der Waals surface area contributed by atoms with E-state index in [2.05, 4.69) is 5.32 Å².